The van der Waals surface area contributed by atoms with Crippen LogP contribution in [0.2, 0.25) is 0 Å². The average molecular weight is 751 g/mol. The van der Waals surface area contributed by atoms with Crippen molar-refractivity contribution in [3.8, 4) is 11.5 Å². The van der Waals surface area contributed by atoms with Crippen molar-refractivity contribution in [3.63, 3.8) is 0 Å². The van der Waals surface area contributed by atoms with Gasteiger partial charge >= 0.3 is 0 Å². The number of piperidine rings is 2. The molecule has 16 heteroatoms. The predicted molar refractivity (Wildman–Crippen MR) is 203 cm³/mol. The van der Waals surface area contributed by atoms with Gasteiger partial charge in [0.15, 0.2) is 5.65 Å². The number of nitrogens with one attached hydrogen (secondary N) is 3. The van der Waals surface area contributed by atoms with E-state index >= 15 is 0 Å². The lowest BCUT2D eigenvalue weighted by atomic mass is 10.0. The van der Waals surface area contributed by atoms with Crippen molar-refractivity contribution >= 4 is 63.3 Å². The highest BCUT2D eigenvalue weighted by atomic mass is 16.5. The zero-order valence-electron chi connectivity index (χ0n) is 30.1. The Morgan fingerprint density at radius 1 is 0.857 bits per heavy atom. The third kappa shape index (κ3) is 6.40. The first-order valence-corrected chi connectivity index (χ1v) is 18.2. The summed E-state index contributed by atoms with van der Waals surface area (Å²) in [6.07, 6.45) is 6.24. The van der Waals surface area contributed by atoms with Gasteiger partial charge in [0.2, 0.25) is 11.8 Å². The van der Waals surface area contributed by atoms with E-state index in [1.807, 2.05) is 37.3 Å². The van der Waals surface area contributed by atoms with Gasteiger partial charge in [-0.3, -0.25) is 34.2 Å². The van der Waals surface area contributed by atoms with Crippen molar-refractivity contribution in [2.75, 3.05) is 23.3 Å². The summed E-state index contributed by atoms with van der Waals surface area (Å²) in [5.41, 5.74) is 4.78. The van der Waals surface area contributed by atoms with Gasteiger partial charge in [0.25, 0.3) is 17.7 Å². The van der Waals surface area contributed by atoms with Crippen molar-refractivity contribution in [1.29, 1.82) is 0 Å². The van der Waals surface area contributed by atoms with E-state index in [1.54, 1.807) is 47.1 Å². The first-order chi connectivity index (χ1) is 27.2. The molecule has 6 heterocycles. The van der Waals surface area contributed by atoms with Gasteiger partial charge < -0.3 is 20.3 Å². The molecule has 5 amide bonds. The summed E-state index contributed by atoms with van der Waals surface area (Å²) in [5, 5.41) is 13.6. The monoisotopic (exact) mass is 750 g/mol. The van der Waals surface area contributed by atoms with Crippen molar-refractivity contribution < 1.29 is 28.7 Å². The number of pyridine rings is 1. The van der Waals surface area contributed by atoms with Gasteiger partial charge in [0.05, 0.1) is 16.6 Å². The van der Waals surface area contributed by atoms with Crippen LogP contribution in [0.1, 0.15) is 62.3 Å². The molecule has 0 radical (unpaired) electrons. The summed E-state index contributed by atoms with van der Waals surface area (Å²) in [4.78, 5) is 80.2. The third-order valence-corrected chi connectivity index (χ3v) is 10.4. The molecule has 3 aliphatic rings. The number of fused-ring (bicyclic) bond motifs is 3. The van der Waals surface area contributed by atoms with Crippen molar-refractivity contribution in [2.24, 2.45) is 0 Å². The number of aryl methyl sites for hydroxylation is 1. The summed E-state index contributed by atoms with van der Waals surface area (Å²) in [7, 11) is 0. The molecule has 2 saturated heterocycles. The minimum absolute atomic E-state index is 0.0611. The van der Waals surface area contributed by atoms with E-state index in [0.29, 0.717) is 65.4 Å². The minimum Gasteiger partial charge on any atom is -0.457 e. The van der Waals surface area contributed by atoms with Crippen LogP contribution in [0.15, 0.2) is 85.6 Å². The van der Waals surface area contributed by atoms with E-state index in [9.17, 15) is 24.0 Å². The summed E-state index contributed by atoms with van der Waals surface area (Å²) < 4.78 is 7.78. The molecule has 56 heavy (non-hydrogen) atoms. The standard InChI is InChI=1S/C40H34N10O6/c1-22-16-25(3-8-33(22)56-27-12-15-49-34(19-27)42-21-44-49)45-36-30-17-23(2-6-31(30)41-20-43-36)37(52)46-24-10-13-48(14-11-24)26-4-5-28-29(18-26)40(55)50(39(28)54)32-7-9-35(51)47-38(32)53/h2-6,8,12,15-21,24,32H,7,9-11,13-14H2,1H3,(H,46,52)(H,41,43,45)(H,47,51,53). The number of anilines is 3. The Bertz CT molecular complexity index is 2620. The number of imide groups is 2. The van der Waals surface area contributed by atoms with Gasteiger partial charge in [-0.15, -0.1) is 0 Å². The third-order valence-electron chi connectivity index (χ3n) is 10.4. The van der Waals surface area contributed by atoms with Gasteiger partial charge in [-0.05, 0) is 92.4 Å². The predicted octanol–water partition coefficient (Wildman–Crippen LogP) is 4.32. The van der Waals surface area contributed by atoms with Crippen LogP contribution in [0, 0.1) is 6.92 Å². The summed E-state index contributed by atoms with van der Waals surface area (Å²) in [6.45, 7) is 3.18. The highest BCUT2D eigenvalue weighted by Crippen LogP contribution is 2.33. The molecule has 3 aromatic heterocycles. The van der Waals surface area contributed by atoms with E-state index in [0.717, 1.165) is 21.8 Å². The molecule has 3 N–H and O–H groups in total. The van der Waals surface area contributed by atoms with Crippen molar-refractivity contribution in [3.05, 3.63) is 108 Å². The molecule has 2 fully saturated rings. The van der Waals surface area contributed by atoms with Crippen LogP contribution in [0.3, 0.4) is 0 Å². The van der Waals surface area contributed by atoms with Gasteiger partial charge in [-0.1, -0.05) is 0 Å². The number of carbonyl (C=O) groups excluding carboxylic acids is 5. The molecular weight excluding hydrogens is 717 g/mol. The van der Waals surface area contributed by atoms with Crippen LogP contribution in [-0.2, 0) is 9.59 Å². The Balaban J connectivity index is 0.836. The topological polar surface area (TPSA) is 193 Å². The van der Waals surface area contributed by atoms with E-state index in [-0.39, 0.29) is 35.9 Å². The number of hydrogen-bond acceptors (Lipinski definition) is 12. The Hall–Kier alpha value is -7.23. The molecule has 6 aromatic rings. The molecule has 280 valence electrons. The quantitative estimate of drug-likeness (QED) is 0.187. The number of ether oxygens (including phenoxy) is 1. The zero-order chi connectivity index (χ0) is 38.5. The van der Waals surface area contributed by atoms with E-state index in [1.165, 1.54) is 12.7 Å². The Labute approximate surface area is 318 Å². The molecule has 0 aliphatic carbocycles. The Morgan fingerprint density at radius 2 is 1.70 bits per heavy atom. The van der Waals surface area contributed by atoms with Crippen LogP contribution in [0.25, 0.3) is 16.6 Å². The summed E-state index contributed by atoms with van der Waals surface area (Å²) in [5.74, 6) is -0.464. The molecular formula is C40H34N10O6. The highest BCUT2D eigenvalue weighted by Gasteiger charge is 2.44. The van der Waals surface area contributed by atoms with Crippen molar-refractivity contribution in [2.45, 2.75) is 44.7 Å². The number of rotatable bonds is 8. The van der Waals surface area contributed by atoms with E-state index in [2.05, 4.69) is 40.9 Å². The summed E-state index contributed by atoms with van der Waals surface area (Å²) >= 11 is 0. The largest absolute Gasteiger partial charge is 0.457 e. The maximum absolute atomic E-state index is 13.5. The molecule has 0 spiro atoms. The van der Waals surface area contributed by atoms with Crippen LogP contribution < -0.4 is 25.6 Å². The van der Waals surface area contributed by atoms with Crippen LogP contribution >= 0.6 is 0 Å². The lowest BCUT2D eigenvalue weighted by molar-refractivity contribution is -0.136. The fourth-order valence-electron chi connectivity index (χ4n) is 7.47. The number of carbonyl (C=O) groups is 5. The minimum atomic E-state index is -1.02. The van der Waals surface area contributed by atoms with Crippen molar-refractivity contribution in [1.82, 2.24) is 40.1 Å². The van der Waals surface area contributed by atoms with Crippen LogP contribution in [-0.4, -0.2) is 84.2 Å². The first kappa shape index (κ1) is 34.5. The second-order valence-corrected chi connectivity index (χ2v) is 14.0. The molecule has 1 atom stereocenters. The lowest BCUT2D eigenvalue weighted by Gasteiger charge is -2.34. The fourth-order valence-corrected chi connectivity index (χ4v) is 7.47. The maximum atomic E-state index is 13.5. The van der Waals surface area contributed by atoms with Gasteiger partial charge in [-0.2, -0.15) is 5.10 Å². The molecule has 9 rings (SSSR count). The van der Waals surface area contributed by atoms with Gasteiger partial charge in [-0.25, -0.2) is 19.5 Å². The molecule has 16 nitrogen and oxygen atoms in total. The number of aromatic nitrogens is 5. The molecule has 3 aromatic carbocycles. The summed E-state index contributed by atoms with van der Waals surface area (Å²) in [6, 6.07) is 18.7. The van der Waals surface area contributed by atoms with E-state index < -0.39 is 29.7 Å². The molecule has 0 saturated carbocycles. The SMILES string of the molecule is Cc1cc(Nc2ncnc3ccc(C(=O)NC4CCN(c5ccc6c(c5)C(=O)N(C5CCC(=O)NC5=O)C6=O)CC4)cc23)ccc1Oc1ccn2ncnc2c1. The first-order valence-electron chi connectivity index (χ1n) is 18.2. The smallest absolute Gasteiger partial charge is 0.262 e. The normalized spacial score (nSPS) is 17.3. The Morgan fingerprint density at radius 3 is 2.52 bits per heavy atom. The molecule has 3 aliphatic heterocycles. The van der Waals surface area contributed by atoms with E-state index in [4.69, 9.17) is 4.74 Å². The molecule has 0 bridgehead atoms. The second kappa shape index (κ2) is 13.9. The number of nitrogens with zero attached hydrogens (tertiary/aromatic N) is 7. The maximum Gasteiger partial charge on any atom is 0.262 e. The molecule has 1 unspecified atom stereocenters. The van der Waals surface area contributed by atoms with Crippen LogP contribution in [0.5, 0.6) is 11.5 Å². The average Bonchev–Trinajstić information content (AvgIpc) is 3.77. The number of hydrogen-bond donors (Lipinski definition) is 3. The van der Waals surface area contributed by atoms with Crippen LogP contribution in [0.4, 0.5) is 17.2 Å². The lowest BCUT2D eigenvalue weighted by Crippen LogP contribution is -2.54. The van der Waals surface area contributed by atoms with Gasteiger partial charge in [0, 0.05) is 60.1 Å². The Kier molecular flexibility index (Phi) is 8.56. The zero-order valence-corrected chi connectivity index (χ0v) is 30.1. The fraction of sp³-hybridized carbons (Fsp3) is 0.225. The van der Waals surface area contributed by atoms with Gasteiger partial charge in [0.1, 0.15) is 36.0 Å². The number of benzene rings is 3. The highest BCUT2D eigenvalue weighted by molar-refractivity contribution is 6.23. The number of amides is 5. The second-order valence-electron chi connectivity index (χ2n) is 14.0.